The van der Waals surface area contributed by atoms with E-state index in [9.17, 15) is 10.2 Å². The van der Waals surface area contributed by atoms with Gasteiger partial charge in [-0.1, -0.05) is 24.4 Å². The van der Waals surface area contributed by atoms with E-state index in [1.54, 1.807) is 51.9 Å². The lowest BCUT2D eigenvalue weighted by molar-refractivity contribution is 0.230. The number of imidazole rings is 2. The van der Waals surface area contributed by atoms with E-state index in [1.807, 2.05) is 58.1 Å². The van der Waals surface area contributed by atoms with E-state index < -0.39 is 0 Å². The number of ether oxygens (including phenoxy) is 4. The van der Waals surface area contributed by atoms with E-state index in [-0.39, 0.29) is 41.9 Å². The predicted molar refractivity (Wildman–Crippen MR) is 373 cm³/mol. The van der Waals surface area contributed by atoms with Crippen LogP contribution in [0.3, 0.4) is 0 Å². The lowest BCUT2D eigenvalue weighted by Crippen LogP contribution is -2.33. The first-order valence-electron chi connectivity index (χ1n) is 31.8. The Hall–Kier alpha value is -8.13. The van der Waals surface area contributed by atoms with Gasteiger partial charge in [0.05, 0.1) is 93.7 Å². The van der Waals surface area contributed by atoms with E-state index in [1.165, 1.54) is 25.7 Å². The van der Waals surface area contributed by atoms with E-state index >= 15 is 0 Å². The standard InChI is InChI=1S/C26H33N7O2.C14H19ClN4O.C12H15N3O3.C9H9Cl2N3.C6H12O/c1-16(2)32-10-8-21-24(32)29-26(30-25(21)33-9-6-7-19(33)14-34)28-23-13-31(15-27-23)20-11-17(3)18(4)22(12-20)35-5;1-9(2)18-7-5-11-12(18)16-14(15)17-13(11)19-6-3-4-10(19)8-20;1-16-9-4-8(15-6-11(13)14-7-15)5-10(17-2)12(9)18-3;1-5(2)14-4-3-6-7(10)12-9(11)13-8(6)14;7-5-6-3-1-2-4-6/h8,10-13,15-16,19,34H,6-7,9,14H2,1-5H3,(H,28,29,30);5,7,9-10,20H,3-4,6,8H2,1-2H3;4-7H,13H2,1-3H3;3-5H,1-2H3;6-7H,1-5H2/t19-;10-;;;/m00.../s1. The summed E-state index contributed by atoms with van der Waals surface area (Å²) in [5.41, 5.74) is 12.2. The van der Waals surface area contributed by atoms with Gasteiger partial charge in [-0.2, -0.15) is 24.9 Å². The average molecular weight is 1350 g/mol. The molecule has 2 atom stereocenters. The van der Waals surface area contributed by atoms with Crippen LogP contribution in [0.5, 0.6) is 23.0 Å². The van der Waals surface area contributed by atoms with Gasteiger partial charge in [-0.3, -0.25) is 0 Å². The van der Waals surface area contributed by atoms with Crippen LogP contribution in [0.25, 0.3) is 44.5 Å². The monoisotopic (exact) mass is 1350 g/mol. The Morgan fingerprint density at radius 3 is 1.52 bits per heavy atom. The summed E-state index contributed by atoms with van der Waals surface area (Å²) < 4.78 is 31.3. The Bertz CT molecular complexity index is 4110. The number of nitrogens with zero attached hydrogens (tertiary/aromatic N) is 15. The van der Waals surface area contributed by atoms with Crippen molar-refractivity contribution in [3.05, 3.63) is 113 Å². The van der Waals surface area contributed by atoms with Crippen LogP contribution in [0.1, 0.15) is 122 Å². The maximum atomic E-state index is 9.93. The van der Waals surface area contributed by atoms with Crippen molar-refractivity contribution in [2.24, 2.45) is 5.92 Å². The first kappa shape index (κ1) is 70.2. The molecule has 0 amide bonds. The van der Waals surface area contributed by atoms with Gasteiger partial charge in [0.15, 0.2) is 17.3 Å². The van der Waals surface area contributed by atoms with Crippen molar-refractivity contribution in [3.63, 3.8) is 0 Å². The highest BCUT2D eigenvalue weighted by Crippen LogP contribution is 2.40. The number of halogens is 3. The van der Waals surface area contributed by atoms with Crippen LogP contribution in [0.4, 0.5) is 29.2 Å². The second kappa shape index (κ2) is 31.9. The summed E-state index contributed by atoms with van der Waals surface area (Å²) in [5.74, 6) is 6.50. The molecule has 27 heteroatoms. The molecule has 3 aliphatic rings. The van der Waals surface area contributed by atoms with E-state index in [0.29, 0.717) is 64.6 Å². The largest absolute Gasteiger partial charge is 0.496 e. The number of fused-ring (bicyclic) bond motifs is 3. The van der Waals surface area contributed by atoms with Crippen LogP contribution in [-0.2, 0) is 0 Å². The maximum absolute atomic E-state index is 9.93. The summed E-state index contributed by atoms with van der Waals surface area (Å²) in [4.78, 5) is 39.4. The fraction of sp³-hybridized carbons (Fsp3) is 0.463. The quantitative estimate of drug-likeness (QED) is 0.0444. The number of nitrogens with one attached hydrogen (secondary N) is 1. The molecule has 1 aliphatic carbocycles. The van der Waals surface area contributed by atoms with Gasteiger partial charge in [-0.25, -0.2) is 15.0 Å². The molecule has 10 heterocycles. The number of nitrogen functional groups attached to an aromatic ring is 1. The first-order valence-corrected chi connectivity index (χ1v) is 32.9. The fourth-order valence-electron chi connectivity index (χ4n) is 12.0. The molecule has 13 rings (SSSR count). The van der Waals surface area contributed by atoms with Gasteiger partial charge < -0.3 is 78.0 Å². The molecule has 504 valence electrons. The molecule has 3 fully saturated rings. The van der Waals surface area contributed by atoms with E-state index in [4.69, 9.17) is 74.6 Å². The van der Waals surface area contributed by atoms with Gasteiger partial charge in [-0.15, -0.1) is 0 Å². The molecule has 24 nitrogen and oxygen atoms in total. The molecular weight excluding hydrogens is 1260 g/mol. The van der Waals surface area contributed by atoms with Crippen molar-refractivity contribution in [1.82, 2.24) is 62.7 Å². The molecule has 2 saturated heterocycles. The van der Waals surface area contributed by atoms with Crippen molar-refractivity contribution in [2.45, 2.75) is 137 Å². The molecule has 0 unspecified atom stereocenters. The fourth-order valence-corrected chi connectivity index (χ4v) is 12.6. The van der Waals surface area contributed by atoms with Crippen LogP contribution in [0, 0.1) is 19.8 Å². The van der Waals surface area contributed by atoms with Crippen LogP contribution in [0.2, 0.25) is 15.7 Å². The molecule has 10 aromatic rings. The molecule has 1 saturated carbocycles. The summed E-state index contributed by atoms with van der Waals surface area (Å²) >= 11 is 17.8. The molecule has 0 bridgehead atoms. The van der Waals surface area contributed by atoms with Crippen molar-refractivity contribution in [3.8, 4) is 34.4 Å². The van der Waals surface area contributed by atoms with Gasteiger partial charge in [0.25, 0.3) is 0 Å². The van der Waals surface area contributed by atoms with Crippen LogP contribution in [0.15, 0.2) is 86.1 Å². The average Bonchev–Trinajstić information content (AvgIpc) is 1.63. The topological polar surface area (TPSA) is 270 Å². The summed E-state index contributed by atoms with van der Waals surface area (Å²) in [6.45, 7) is 19.2. The predicted octanol–water partition coefficient (Wildman–Crippen LogP) is 13.1. The molecular formula is C67H88Cl3N17O7. The van der Waals surface area contributed by atoms with Crippen molar-refractivity contribution in [2.75, 3.05) is 82.2 Å². The number of nitrogens with two attached hydrogens (primary N) is 1. The van der Waals surface area contributed by atoms with Crippen molar-refractivity contribution >= 4 is 97.1 Å². The summed E-state index contributed by atoms with van der Waals surface area (Å²) in [5, 5.41) is 35.0. The number of aromatic nitrogens is 13. The highest BCUT2D eigenvalue weighted by Gasteiger charge is 2.30. The Balaban J connectivity index is 0.000000151. The summed E-state index contributed by atoms with van der Waals surface area (Å²) in [7, 11) is 6.40. The number of rotatable bonds is 16. The zero-order chi connectivity index (χ0) is 67.5. The molecule has 0 spiro atoms. The van der Waals surface area contributed by atoms with Crippen LogP contribution < -0.4 is 39.8 Å². The Kier molecular flexibility index (Phi) is 23.8. The third-order valence-electron chi connectivity index (χ3n) is 17.2. The molecule has 0 radical (unpaired) electrons. The molecule has 2 aromatic carbocycles. The molecule has 2 aliphatic heterocycles. The minimum Gasteiger partial charge on any atom is -0.496 e. The van der Waals surface area contributed by atoms with Crippen LogP contribution in [-0.4, -0.2) is 151 Å². The van der Waals surface area contributed by atoms with Gasteiger partial charge in [0, 0.05) is 74.6 Å². The minimum atomic E-state index is 0.0716. The number of aryl methyl sites for hydroxylation is 1. The second-order valence-corrected chi connectivity index (χ2v) is 25.3. The van der Waals surface area contributed by atoms with Gasteiger partial charge in [-0.05, 0) is 158 Å². The van der Waals surface area contributed by atoms with Crippen LogP contribution >= 0.6 is 34.8 Å². The SMILES string of the molecule is CC(C)n1ccc2c(Cl)nc(Cl)nc21.CC(C)n1ccc2c(N3CCC[C@H]3CO)nc(Cl)nc21.COc1cc(-n2cnc(N)c2)cc(OC)c1OC.COc1cc(-n2cnc(Nc3nc(N4CCC[C@H]4CO)c4ccn(C(C)C)c4n3)c2)cc(C)c1C.OCC1CCCC1. The lowest BCUT2D eigenvalue weighted by atomic mass is 10.1. The Labute approximate surface area is 563 Å². The molecule has 6 N–H and O–H groups in total. The number of benzene rings is 2. The molecule has 94 heavy (non-hydrogen) atoms. The number of anilines is 5. The van der Waals surface area contributed by atoms with E-state index in [2.05, 4.69) is 128 Å². The maximum Gasteiger partial charge on any atom is 0.232 e. The van der Waals surface area contributed by atoms with Gasteiger partial charge in [0.2, 0.25) is 22.3 Å². The first-order chi connectivity index (χ1) is 45.2. The van der Waals surface area contributed by atoms with E-state index in [0.717, 1.165) is 112 Å². The lowest BCUT2D eigenvalue weighted by Gasteiger charge is -2.25. The number of hydrogen-bond acceptors (Lipinski definition) is 19. The third kappa shape index (κ3) is 16.0. The smallest absolute Gasteiger partial charge is 0.232 e. The molecule has 8 aromatic heterocycles. The zero-order valence-corrected chi connectivity index (χ0v) is 57.9. The summed E-state index contributed by atoms with van der Waals surface area (Å²) in [6, 6.07) is 14.9. The highest BCUT2D eigenvalue weighted by atomic mass is 35.5. The van der Waals surface area contributed by atoms with Crippen molar-refractivity contribution in [1.29, 1.82) is 0 Å². The zero-order valence-electron chi connectivity index (χ0n) is 55.6. The summed E-state index contributed by atoms with van der Waals surface area (Å²) in [6.07, 6.45) is 22.3. The van der Waals surface area contributed by atoms with Gasteiger partial charge >= 0.3 is 0 Å². The Morgan fingerprint density at radius 1 is 0.553 bits per heavy atom. The van der Waals surface area contributed by atoms with Crippen molar-refractivity contribution < 1.29 is 34.3 Å². The normalized spacial score (nSPS) is 15.5. The highest BCUT2D eigenvalue weighted by molar-refractivity contribution is 6.35. The third-order valence-corrected chi connectivity index (χ3v) is 17.8. The number of aliphatic hydroxyl groups is 3. The number of hydrogen-bond donors (Lipinski definition) is 5. The minimum absolute atomic E-state index is 0.0716. The Morgan fingerprint density at radius 2 is 1.03 bits per heavy atom. The number of methoxy groups -OCH3 is 4. The number of aliphatic hydroxyl groups excluding tert-OH is 3. The second-order valence-electron chi connectivity index (χ2n) is 24.3. The van der Waals surface area contributed by atoms with Gasteiger partial charge in [0.1, 0.15) is 58.0 Å².